The summed E-state index contributed by atoms with van der Waals surface area (Å²) in [6.07, 6.45) is 7.31. The second kappa shape index (κ2) is 5.40. The lowest BCUT2D eigenvalue weighted by Crippen LogP contribution is -2.16. The van der Waals surface area contributed by atoms with E-state index in [1.165, 1.54) is 6.42 Å². The van der Waals surface area contributed by atoms with Gasteiger partial charge in [0.2, 0.25) is 0 Å². The molecule has 1 fully saturated rings. The molecule has 2 aliphatic carbocycles. The molecule has 0 saturated heterocycles. The van der Waals surface area contributed by atoms with Crippen LogP contribution in [-0.4, -0.2) is 19.3 Å². The van der Waals surface area contributed by atoms with Gasteiger partial charge >= 0.3 is 8.60 Å². The molecule has 86 valence electrons. The number of rotatable bonds is 6. The Balaban J connectivity index is 1.81. The van der Waals surface area contributed by atoms with Crippen LogP contribution in [0, 0.1) is 11.8 Å². The van der Waals surface area contributed by atoms with Gasteiger partial charge in [-0.1, -0.05) is 12.2 Å². The molecule has 0 radical (unpaired) electrons. The molecule has 0 aromatic rings. The average Bonchev–Trinajstić information content (AvgIpc) is 2.80. The highest BCUT2D eigenvalue weighted by atomic mass is 31.2. The van der Waals surface area contributed by atoms with Crippen LogP contribution in [0.1, 0.15) is 26.7 Å². The normalized spacial score (nSPS) is 33.1. The predicted molar refractivity (Wildman–Crippen MR) is 60.4 cm³/mol. The lowest BCUT2D eigenvalue weighted by molar-refractivity contribution is 0.109. The molecule has 0 aliphatic heterocycles. The van der Waals surface area contributed by atoms with E-state index in [4.69, 9.17) is 13.6 Å². The molecule has 0 aromatic carbocycles. The van der Waals surface area contributed by atoms with Gasteiger partial charge in [-0.3, -0.25) is 0 Å². The van der Waals surface area contributed by atoms with Gasteiger partial charge < -0.3 is 13.6 Å². The quantitative estimate of drug-likeness (QED) is 0.517. The van der Waals surface area contributed by atoms with Crippen molar-refractivity contribution < 1.29 is 13.6 Å². The van der Waals surface area contributed by atoms with E-state index in [2.05, 4.69) is 12.2 Å². The van der Waals surface area contributed by atoms with E-state index in [9.17, 15) is 0 Å². The van der Waals surface area contributed by atoms with Crippen LogP contribution in [0.4, 0.5) is 0 Å². The van der Waals surface area contributed by atoms with Gasteiger partial charge in [-0.25, -0.2) is 0 Å². The molecule has 0 N–H and O–H groups in total. The molecule has 0 spiro atoms. The minimum absolute atomic E-state index is 0.323. The summed E-state index contributed by atoms with van der Waals surface area (Å²) in [7, 11) is -1.12. The van der Waals surface area contributed by atoms with E-state index in [-0.39, 0.29) is 0 Å². The molecule has 15 heavy (non-hydrogen) atoms. The highest BCUT2D eigenvalue weighted by Gasteiger charge is 2.38. The molecule has 0 aromatic heterocycles. The molecular weight excluding hydrogens is 211 g/mol. The first-order valence-electron chi connectivity index (χ1n) is 5.74. The number of hydrogen-bond acceptors (Lipinski definition) is 3. The second-order valence-corrected chi connectivity index (χ2v) is 5.16. The highest BCUT2D eigenvalue weighted by Crippen LogP contribution is 2.49. The Hall–Kier alpha value is 0.0500. The van der Waals surface area contributed by atoms with Crippen molar-refractivity contribution in [1.29, 1.82) is 0 Å². The van der Waals surface area contributed by atoms with Crippen molar-refractivity contribution in [2.24, 2.45) is 11.8 Å². The Labute approximate surface area is 92.8 Å². The Bertz CT molecular complexity index is 226. The van der Waals surface area contributed by atoms with E-state index in [1.807, 2.05) is 13.8 Å². The maximum absolute atomic E-state index is 5.90. The third kappa shape index (κ3) is 2.79. The van der Waals surface area contributed by atoms with E-state index >= 15 is 0 Å². The molecule has 0 amide bonds. The van der Waals surface area contributed by atoms with E-state index in [1.54, 1.807) is 0 Å². The van der Waals surface area contributed by atoms with E-state index < -0.39 is 8.60 Å². The van der Waals surface area contributed by atoms with Gasteiger partial charge in [0, 0.05) is 5.92 Å². The minimum Gasteiger partial charge on any atom is -0.313 e. The van der Waals surface area contributed by atoms with Crippen LogP contribution in [0.3, 0.4) is 0 Å². The topological polar surface area (TPSA) is 27.7 Å². The van der Waals surface area contributed by atoms with Crippen LogP contribution < -0.4 is 0 Å². The van der Waals surface area contributed by atoms with E-state index in [0.717, 1.165) is 12.3 Å². The molecule has 3 nitrogen and oxygen atoms in total. The Morgan fingerprint density at radius 2 is 1.87 bits per heavy atom. The van der Waals surface area contributed by atoms with Gasteiger partial charge in [-0.05, 0) is 32.6 Å². The van der Waals surface area contributed by atoms with Crippen molar-refractivity contribution in [3.05, 3.63) is 12.2 Å². The zero-order valence-corrected chi connectivity index (χ0v) is 10.3. The van der Waals surface area contributed by atoms with Crippen molar-refractivity contribution in [3.63, 3.8) is 0 Å². The lowest BCUT2D eigenvalue weighted by Gasteiger charge is -2.23. The highest BCUT2D eigenvalue weighted by molar-refractivity contribution is 7.41. The monoisotopic (exact) mass is 230 g/mol. The smallest absolute Gasteiger partial charge is 0.313 e. The van der Waals surface area contributed by atoms with Gasteiger partial charge in [-0.15, -0.1) is 0 Å². The fourth-order valence-corrected chi connectivity index (χ4v) is 3.35. The van der Waals surface area contributed by atoms with Gasteiger partial charge in [-0.2, -0.15) is 0 Å². The summed E-state index contributed by atoms with van der Waals surface area (Å²) in [6.45, 7) is 5.25. The molecule has 1 saturated carbocycles. The number of allylic oxidation sites excluding steroid dienone is 1. The maximum Gasteiger partial charge on any atom is 0.332 e. The molecule has 2 rings (SSSR count). The number of hydrogen-bond donors (Lipinski definition) is 0. The van der Waals surface area contributed by atoms with Crippen molar-refractivity contribution >= 4 is 8.60 Å². The minimum atomic E-state index is -1.12. The van der Waals surface area contributed by atoms with Gasteiger partial charge in [0.15, 0.2) is 0 Å². The summed E-state index contributed by atoms with van der Waals surface area (Å²) in [5.41, 5.74) is 0. The number of fused-ring (bicyclic) bond motifs is 2. The third-order valence-corrected chi connectivity index (χ3v) is 4.29. The van der Waals surface area contributed by atoms with Crippen molar-refractivity contribution in [2.45, 2.75) is 32.8 Å². The molecule has 3 atom stereocenters. The summed E-state index contributed by atoms with van der Waals surface area (Å²) >= 11 is 0. The van der Waals surface area contributed by atoms with Crippen LogP contribution in [-0.2, 0) is 13.6 Å². The summed E-state index contributed by atoms with van der Waals surface area (Å²) in [5, 5.41) is 0. The first-order chi connectivity index (χ1) is 7.33. The zero-order valence-electron chi connectivity index (χ0n) is 9.39. The van der Waals surface area contributed by atoms with Crippen LogP contribution in [0.25, 0.3) is 0 Å². The van der Waals surface area contributed by atoms with Gasteiger partial charge in [0.25, 0.3) is 0 Å². The van der Waals surface area contributed by atoms with Crippen molar-refractivity contribution in [3.8, 4) is 0 Å². The maximum atomic E-state index is 5.90. The third-order valence-electron chi connectivity index (χ3n) is 2.91. The lowest BCUT2D eigenvalue weighted by atomic mass is 10.1. The molecule has 3 unspecified atom stereocenters. The fraction of sp³-hybridized carbons (Fsp3) is 0.818. The molecule has 0 heterocycles. The van der Waals surface area contributed by atoms with Crippen molar-refractivity contribution in [2.75, 3.05) is 13.2 Å². The first-order valence-corrected chi connectivity index (χ1v) is 6.84. The average molecular weight is 230 g/mol. The second-order valence-electron chi connectivity index (χ2n) is 3.98. The fourth-order valence-electron chi connectivity index (χ4n) is 2.27. The Morgan fingerprint density at radius 1 is 1.13 bits per heavy atom. The summed E-state index contributed by atoms with van der Waals surface area (Å²) < 4.78 is 16.8. The van der Waals surface area contributed by atoms with Crippen LogP contribution in [0.5, 0.6) is 0 Å². The van der Waals surface area contributed by atoms with Gasteiger partial charge in [0.05, 0.1) is 19.3 Å². The van der Waals surface area contributed by atoms with Gasteiger partial charge in [0.1, 0.15) is 0 Å². The SMILES string of the molecule is CCOP(OCC)OC1CC2C=CC1C2. The van der Waals surface area contributed by atoms with Crippen LogP contribution in [0.2, 0.25) is 0 Å². The molecule has 4 heteroatoms. The first kappa shape index (κ1) is 11.5. The van der Waals surface area contributed by atoms with Crippen LogP contribution in [0.15, 0.2) is 12.2 Å². The predicted octanol–water partition coefficient (Wildman–Crippen LogP) is 3.27. The molecule has 2 bridgehead atoms. The van der Waals surface area contributed by atoms with E-state index in [0.29, 0.717) is 25.2 Å². The molecule has 2 aliphatic rings. The Kier molecular flexibility index (Phi) is 4.15. The van der Waals surface area contributed by atoms with Crippen molar-refractivity contribution in [1.82, 2.24) is 0 Å². The van der Waals surface area contributed by atoms with Crippen LogP contribution >= 0.6 is 8.60 Å². The summed E-state index contributed by atoms with van der Waals surface area (Å²) in [4.78, 5) is 0. The summed E-state index contributed by atoms with van der Waals surface area (Å²) in [5.74, 6) is 1.33. The Morgan fingerprint density at radius 3 is 2.33 bits per heavy atom. The standard InChI is InChI=1S/C11H19O3P/c1-3-12-15(13-4-2)14-11-8-9-5-6-10(11)7-9/h5-6,9-11H,3-4,7-8H2,1-2H3. The largest absolute Gasteiger partial charge is 0.332 e. The molecular formula is C11H19O3P. The zero-order chi connectivity index (χ0) is 10.7. The summed E-state index contributed by atoms with van der Waals surface area (Å²) in [6, 6.07) is 0.